The number of nitrogens with one attached hydrogen (secondary N) is 1. The lowest BCUT2D eigenvalue weighted by Gasteiger charge is -2.27. The molecule has 29 heavy (non-hydrogen) atoms. The quantitative estimate of drug-likeness (QED) is 0.166. The summed E-state index contributed by atoms with van der Waals surface area (Å²) in [4.78, 5) is 12.5. The van der Waals surface area contributed by atoms with E-state index in [0.29, 0.717) is 29.8 Å². The van der Waals surface area contributed by atoms with Gasteiger partial charge in [0.1, 0.15) is 0 Å². The monoisotopic (exact) mass is 435 g/mol. The first kappa shape index (κ1) is 28.5. The number of rotatable bonds is 20. The SMILES string of the molecule is CCCCCCCCCCCCCC(=O)[N+](C)(C)CCCNCCCS(=O)(=O)O. The second-order valence-electron chi connectivity index (χ2n) is 8.83. The fraction of sp³-hybridized carbons (Fsp3) is 0.955. The fourth-order valence-corrected chi connectivity index (χ4v) is 3.98. The maximum absolute atomic E-state index is 12.5. The molecule has 6 nitrogen and oxygen atoms in total. The number of hydrogen-bond donors (Lipinski definition) is 2. The standard InChI is InChI=1S/C22H46N2O4S/c1-4-5-6-7-8-9-10-11-12-13-14-17-22(25)24(2,3)20-15-18-23-19-16-21-29(26,27)28/h23H,4-21H2,1-3H3/p+1. The Morgan fingerprint density at radius 2 is 1.28 bits per heavy atom. The van der Waals surface area contributed by atoms with Crippen molar-refractivity contribution in [3.8, 4) is 0 Å². The normalized spacial score (nSPS) is 12.4. The zero-order valence-corrected chi connectivity index (χ0v) is 20.1. The molecule has 7 heteroatoms. The van der Waals surface area contributed by atoms with E-state index >= 15 is 0 Å². The molecule has 0 aromatic carbocycles. The zero-order chi connectivity index (χ0) is 22.0. The maximum atomic E-state index is 12.5. The van der Waals surface area contributed by atoms with Crippen LogP contribution in [0.1, 0.15) is 96.8 Å². The summed E-state index contributed by atoms with van der Waals surface area (Å²) in [6, 6.07) is 0. The summed E-state index contributed by atoms with van der Waals surface area (Å²) in [5, 5.41) is 3.16. The molecule has 0 aliphatic carbocycles. The van der Waals surface area contributed by atoms with E-state index in [1.807, 2.05) is 14.1 Å². The number of carbonyl (C=O) groups is 1. The largest absolute Gasteiger partial charge is 0.316 e. The molecule has 0 saturated heterocycles. The van der Waals surface area contributed by atoms with E-state index in [1.54, 1.807) is 0 Å². The van der Waals surface area contributed by atoms with Crippen LogP contribution in [0.15, 0.2) is 0 Å². The van der Waals surface area contributed by atoms with Crippen LogP contribution in [-0.4, -0.2) is 62.8 Å². The van der Waals surface area contributed by atoms with Crippen molar-refractivity contribution in [2.75, 3.05) is 39.5 Å². The number of quaternary nitrogens is 1. The van der Waals surface area contributed by atoms with Gasteiger partial charge in [0, 0.05) is 13.0 Å². The molecule has 0 aliphatic rings. The Morgan fingerprint density at radius 3 is 1.79 bits per heavy atom. The topological polar surface area (TPSA) is 83.5 Å². The van der Waals surface area contributed by atoms with Gasteiger partial charge in [-0.15, -0.1) is 0 Å². The summed E-state index contributed by atoms with van der Waals surface area (Å²) >= 11 is 0. The first-order valence-corrected chi connectivity index (χ1v) is 13.3. The summed E-state index contributed by atoms with van der Waals surface area (Å²) in [5.74, 6) is 0.0891. The van der Waals surface area contributed by atoms with Crippen molar-refractivity contribution < 1.29 is 22.2 Å². The van der Waals surface area contributed by atoms with Crippen LogP contribution in [0.3, 0.4) is 0 Å². The van der Waals surface area contributed by atoms with Gasteiger partial charge in [-0.2, -0.15) is 8.42 Å². The average molecular weight is 436 g/mol. The fourth-order valence-electron chi connectivity index (χ4n) is 3.47. The van der Waals surface area contributed by atoms with Crippen molar-refractivity contribution in [1.29, 1.82) is 0 Å². The summed E-state index contributed by atoms with van der Waals surface area (Å²) in [7, 11) is 0.0811. The van der Waals surface area contributed by atoms with Crippen LogP contribution in [0, 0.1) is 0 Å². The average Bonchev–Trinajstić information content (AvgIpc) is 2.64. The highest BCUT2D eigenvalue weighted by Crippen LogP contribution is 2.13. The number of carbonyl (C=O) groups excluding carboxylic acids is 1. The maximum Gasteiger partial charge on any atom is 0.313 e. The molecule has 0 radical (unpaired) electrons. The van der Waals surface area contributed by atoms with Crippen LogP contribution in [0.25, 0.3) is 0 Å². The Bertz CT molecular complexity index is 507. The van der Waals surface area contributed by atoms with E-state index in [-0.39, 0.29) is 5.75 Å². The third-order valence-corrected chi connectivity index (χ3v) is 6.30. The third kappa shape index (κ3) is 19.2. The van der Waals surface area contributed by atoms with E-state index in [4.69, 9.17) is 4.55 Å². The van der Waals surface area contributed by atoms with Gasteiger partial charge in [0.05, 0.1) is 32.8 Å². The van der Waals surface area contributed by atoms with Crippen LogP contribution in [-0.2, 0) is 14.9 Å². The second kappa shape index (κ2) is 17.2. The van der Waals surface area contributed by atoms with Gasteiger partial charge in [-0.1, -0.05) is 71.1 Å². The molecule has 2 N–H and O–H groups in total. The molecule has 0 fully saturated rings. The minimum absolute atomic E-state index is 0.209. The van der Waals surface area contributed by atoms with Gasteiger partial charge in [0.25, 0.3) is 10.1 Å². The molecule has 0 heterocycles. The predicted octanol–water partition coefficient (Wildman–Crippen LogP) is 4.55. The third-order valence-electron chi connectivity index (χ3n) is 5.50. The first-order chi connectivity index (χ1) is 13.7. The van der Waals surface area contributed by atoms with Gasteiger partial charge in [-0.25, -0.2) is 4.79 Å². The Hall–Kier alpha value is -0.500. The number of nitrogens with zero attached hydrogens (tertiary/aromatic N) is 1. The lowest BCUT2D eigenvalue weighted by molar-refractivity contribution is -0.814. The molecular formula is C22H47N2O4S+. The van der Waals surface area contributed by atoms with Crippen molar-refractivity contribution in [3.05, 3.63) is 0 Å². The molecule has 1 amide bonds. The Labute approximate surface area is 180 Å². The minimum atomic E-state index is -3.86. The molecule has 0 spiro atoms. The lowest BCUT2D eigenvalue weighted by Crippen LogP contribution is -2.46. The van der Waals surface area contributed by atoms with E-state index in [1.165, 1.54) is 57.8 Å². The minimum Gasteiger partial charge on any atom is -0.316 e. The van der Waals surface area contributed by atoms with Gasteiger partial charge < -0.3 is 5.32 Å². The smallest absolute Gasteiger partial charge is 0.313 e. The molecule has 0 aromatic heterocycles. The van der Waals surface area contributed by atoms with Crippen molar-refractivity contribution in [2.45, 2.75) is 96.8 Å². The molecule has 174 valence electrons. The summed E-state index contributed by atoms with van der Waals surface area (Å²) in [6.07, 6.45) is 16.1. The van der Waals surface area contributed by atoms with Crippen LogP contribution >= 0.6 is 0 Å². The Balaban J connectivity index is 3.59. The highest BCUT2D eigenvalue weighted by molar-refractivity contribution is 7.85. The summed E-state index contributed by atoms with van der Waals surface area (Å²) in [6.45, 7) is 4.34. The van der Waals surface area contributed by atoms with Crippen molar-refractivity contribution in [1.82, 2.24) is 5.32 Å². The Morgan fingerprint density at radius 1 is 0.793 bits per heavy atom. The van der Waals surface area contributed by atoms with Gasteiger partial charge in [-0.05, 0) is 19.4 Å². The van der Waals surface area contributed by atoms with Gasteiger partial charge >= 0.3 is 5.91 Å². The molecule has 0 unspecified atom stereocenters. The molecular weight excluding hydrogens is 388 g/mol. The molecule has 0 bridgehead atoms. The lowest BCUT2D eigenvalue weighted by atomic mass is 10.0. The van der Waals surface area contributed by atoms with Gasteiger partial charge in [0.15, 0.2) is 0 Å². The van der Waals surface area contributed by atoms with E-state index in [9.17, 15) is 13.2 Å². The van der Waals surface area contributed by atoms with Crippen LogP contribution in [0.5, 0.6) is 0 Å². The summed E-state index contributed by atoms with van der Waals surface area (Å²) in [5.41, 5.74) is 0. The van der Waals surface area contributed by atoms with Crippen molar-refractivity contribution in [3.63, 3.8) is 0 Å². The van der Waals surface area contributed by atoms with E-state index < -0.39 is 10.1 Å². The molecule has 0 rings (SSSR count). The molecule has 0 atom stereocenters. The Kier molecular flexibility index (Phi) is 16.9. The second-order valence-corrected chi connectivity index (χ2v) is 10.4. The number of unbranched alkanes of at least 4 members (excludes halogenated alkanes) is 10. The zero-order valence-electron chi connectivity index (χ0n) is 19.3. The predicted molar refractivity (Wildman–Crippen MR) is 122 cm³/mol. The molecule has 0 aliphatic heterocycles. The van der Waals surface area contributed by atoms with Gasteiger partial charge in [-0.3, -0.25) is 9.04 Å². The highest BCUT2D eigenvalue weighted by atomic mass is 32.2. The first-order valence-electron chi connectivity index (χ1n) is 11.7. The van der Waals surface area contributed by atoms with Crippen LogP contribution < -0.4 is 5.32 Å². The highest BCUT2D eigenvalue weighted by Gasteiger charge is 2.24. The van der Waals surface area contributed by atoms with E-state index in [2.05, 4.69) is 12.2 Å². The number of hydrogen-bond acceptors (Lipinski definition) is 4. The van der Waals surface area contributed by atoms with E-state index in [0.717, 1.165) is 32.4 Å². The molecule has 0 saturated carbocycles. The number of amides is 1. The van der Waals surface area contributed by atoms with Crippen LogP contribution in [0.4, 0.5) is 0 Å². The van der Waals surface area contributed by atoms with Crippen LogP contribution in [0.2, 0.25) is 0 Å². The summed E-state index contributed by atoms with van der Waals surface area (Å²) < 4.78 is 30.3. The molecule has 0 aromatic rings. The van der Waals surface area contributed by atoms with Gasteiger partial charge in [0.2, 0.25) is 0 Å². The van der Waals surface area contributed by atoms with Crippen molar-refractivity contribution >= 4 is 16.0 Å². The van der Waals surface area contributed by atoms with Crippen molar-refractivity contribution in [2.24, 2.45) is 0 Å².